The predicted octanol–water partition coefficient (Wildman–Crippen LogP) is 10.6. The molecule has 0 bridgehead atoms. The molecule has 0 saturated heterocycles. The topological polar surface area (TPSA) is 27.7 Å². The molecular weight excluding hydrogens is 527 g/mol. The van der Waals surface area contributed by atoms with E-state index in [0.717, 1.165) is 57.8 Å². The lowest BCUT2D eigenvalue weighted by Gasteiger charge is -2.39. The molecule has 0 aliphatic heterocycles. The smallest absolute Gasteiger partial charge is 0.285 e. The summed E-state index contributed by atoms with van der Waals surface area (Å²) in [7, 11) is 0. The highest BCUT2D eigenvalue weighted by molar-refractivity contribution is 5.24. The molecule has 0 aliphatic carbocycles. The summed E-state index contributed by atoms with van der Waals surface area (Å²) in [4.78, 5) is 0. The number of unbranched alkanes of at least 4 members (excludes halogenated alkanes) is 12. The summed E-state index contributed by atoms with van der Waals surface area (Å²) in [5, 5.41) is 0. The Hall–Kier alpha value is -1.25. The Bertz CT molecular complexity index is 759. The number of halogens is 5. The monoisotopic (exact) mass is 580 g/mol. The van der Waals surface area contributed by atoms with E-state index in [1.54, 1.807) is 0 Å². The molecule has 1 rings (SSSR count). The van der Waals surface area contributed by atoms with Gasteiger partial charge in [0.15, 0.2) is 23.3 Å². The van der Waals surface area contributed by atoms with Crippen molar-refractivity contribution in [2.45, 2.75) is 143 Å². The fraction of sp³-hybridized carbons (Fsp3) is 0.812. The first kappa shape index (κ1) is 36.8. The normalized spacial score (nSPS) is 12.8. The molecule has 1 unspecified atom stereocenters. The summed E-state index contributed by atoms with van der Waals surface area (Å²) in [6.45, 7) is 9.71. The van der Waals surface area contributed by atoms with Crippen LogP contribution < -0.4 is 0 Å². The highest BCUT2D eigenvalue weighted by atomic mass is 19.2. The molecule has 0 aromatic heterocycles. The van der Waals surface area contributed by atoms with Crippen LogP contribution in [0.3, 0.4) is 0 Å². The van der Waals surface area contributed by atoms with Crippen molar-refractivity contribution in [3.63, 3.8) is 0 Å². The first-order chi connectivity index (χ1) is 19.3. The van der Waals surface area contributed by atoms with Crippen molar-refractivity contribution in [1.82, 2.24) is 0 Å². The Labute approximate surface area is 239 Å². The largest absolute Gasteiger partial charge is 0.328 e. The molecule has 0 amide bonds. The lowest BCUT2D eigenvalue weighted by atomic mass is 9.91. The average molecular weight is 581 g/mol. The van der Waals surface area contributed by atoms with E-state index in [1.807, 2.05) is 20.8 Å². The number of hydrogen-bond acceptors (Lipinski definition) is 3. The van der Waals surface area contributed by atoms with Crippen molar-refractivity contribution in [2.75, 3.05) is 19.8 Å². The van der Waals surface area contributed by atoms with Crippen LogP contribution in [0.5, 0.6) is 0 Å². The second-order valence-electron chi connectivity index (χ2n) is 10.6. The molecule has 0 fully saturated rings. The number of benzene rings is 1. The van der Waals surface area contributed by atoms with Crippen LogP contribution in [0.4, 0.5) is 22.0 Å². The van der Waals surface area contributed by atoms with Crippen molar-refractivity contribution in [1.29, 1.82) is 0 Å². The summed E-state index contributed by atoms with van der Waals surface area (Å²) in [6, 6.07) is 0. The fourth-order valence-electron chi connectivity index (χ4n) is 5.37. The zero-order valence-electron chi connectivity index (χ0n) is 25.3. The van der Waals surface area contributed by atoms with Gasteiger partial charge in [-0.2, -0.15) is 0 Å². The molecule has 0 aliphatic rings. The van der Waals surface area contributed by atoms with Gasteiger partial charge in [-0.25, -0.2) is 22.0 Å². The van der Waals surface area contributed by atoms with Gasteiger partial charge in [0, 0.05) is 31.3 Å². The van der Waals surface area contributed by atoms with Crippen molar-refractivity contribution in [3.05, 3.63) is 34.6 Å². The highest BCUT2D eigenvalue weighted by Gasteiger charge is 2.41. The Morgan fingerprint density at radius 3 is 1.23 bits per heavy atom. The third-order valence-corrected chi connectivity index (χ3v) is 7.47. The van der Waals surface area contributed by atoms with Gasteiger partial charge in [0.05, 0.1) is 0 Å². The zero-order valence-corrected chi connectivity index (χ0v) is 25.3. The minimum absolute atomic E-state index is 0.160. The van der Waals surface area contributed by atoms with Crippen LogP contribution in [0.25, 0.3) is 0 Å². The average Bonchev–Trinajstić information content (AvgIpc) is 2.94. The van der Waals surface area contributed by atoms with Crippen molar-refractivity contribution >= 4 is 0 Å². The second kappa shape index (κ2) is 21.5. The molecule has 0 radical (unpaired) electrons. The van der Waals surface area contributed by atoms with Gasteiger partial charge in [0.1, 0.15) is 0 Å². The molecule has 40 heavy (non-hydrogen) atoms. The Balaban J connectivity index is 2.44. The molecular formula is C32H53F5O3. The third kappa shape index (κ3) is 12.3. The molecule has 0 spiro atoms. The summed E-state index contributed by atoms with van der Waals surface area (Å²) in [6.07, 6.45) is 16.4. The summed E-state index contributed by atoms with van der Waals surface area (Å²) in [5.74, 6) is -10.1. The van der Waals surface area contributed by atoms with Crippen LogP contribution in [0, 0.1) is 35.0 Å². The molecule has 0 N–H and O–H groups in total. The van der Waals surface area contributed by atoms with Gasteiger partial charge in [0.2, 0.25) is 5.82 Å². The van der Waals surface area contributed by atoms with E-state index < -0.39 is 40.6 Å². The predicted molar refractivity (Wildman–Crippen MR) is 151 cm³/mol. The van der Waals surface area contributed by atoms with Gasteiger partial charge in [-0.3, -0.25) is 0 Å². The third-order valence-electron chi connectivity index (χ3n) is 7.47. The summed E-state index contributed by atoms with van der Waals surface area (Å²) in [5.41, 5.74) is -0.714. The first-order valence-corrected chi connectivity index (χ1v) is 15.7. The van der Waals surface area contributed by atoms with Crippen LogP contribution in [0.15, 0.2) is 0 Å². The molecule has 1 atom stereocenters. The van der Waals surface area contributed by atoms with Crippen LogP contribution >= 0.6 is 0 Å². The maximum Gasteiger partial charge on any atom is 0.285 e. The van der Waals surface area contributed by atoms with Crippen molar-refractivity contribution in [2.24, 2.45) is 5.92 Å². The van der Waals surface area contributed by atoms with Crippen LogP contribution in [0.1, 0.15) is 136 Å². The van der Waals surface area contributed by atoms with Crippen LogP contribution in [-0.4, -0.2) is 25.8 Å². The number of ether oxygens (including phenoxy) is 3. The van der Waals surface area contributed by atoms with E-state index in [1.165, 1.54) is 32.1 Å². The molecule has 8 heteroatoms. The van der Waals surface area contributed by atoms with E-state index in [0.29, 0.717) is 32.7 Å². The number of rotatable bonds is 25. The van der Waals surface area contributed by atoms with E-state index in [9.17, 15) is 22.0 Å². The number of hydrogen-bond donors (Lipinski definition) is 0. The van der Waals surface area contributed by atoms with Crippen LogP contribution in [-0.2, 0) is 20.6 Å². The lowest BCUT2D eigenvalue weighted by Crippen LogP contribution is -2.46. The van der Waals surface area contributed by atoms with E-state index in [-0.39, 0.29) is 12.3 Å². The minimum Gasteiger partial charge on any atom is -0.328 e. The summed E-state index contributed by atoms with van der Waals surface area (Å²) < 4.78 is 85.8. The van der Waals surface area contributed by atoms with Crippen molar-refractivity contribution in [3.8, 4) is 0 Å². The molecule has 0 saturated carbocycles. The molecule has 1 aromatic carbocycles. The molecule has 3 nitrogen and oxygen atoms in total. The summed E-state index contributed by atoms with van der Waals surface area (Å²) >= 11 is 0. The maximum absolute atomic E-state index is 13.8. The van der Waals surface area contributed by atoms with Crippen LogP contribution in [0.2, 0.25) is 0 Å². The van der Waals surface area contributed by atoms with Gasteiger partial charge >= 0.3 is 0 Å². The Morgan fingerprint density at radius 1 is 0.475 bits per heavy atom. The molecule has 0 heterocycles. The van der Waals surface area contributed by atoms with Gasteiger partial charge in [-0.05, 0) is 46.5 Å². The Morgan fingerprint density at radius 2 is 0.825 bits per heavy atom. The minimum atomic E-state index is -2.10. The molecule has 1 aromatic rings. The second-order valence-corrected chi connectivity index (χ2v) is 10.6. The van der Waals surface area contributed by atoms with Gasteiger partial charge in [-0.1, -0.05) is 90.4 Å². The van der Waals surface area contributed by atoms with Crippen molar-refractivity contribution < 1.29 is 36.2 Å². The van der Waals surface area contributed by atoms with E-state index in [4.69, 9.17) is 14.2 Å². The zero-order chi connectivity index (χ0) is 29.8. The SMILES string of the molecule is CCCCCCCCC(CCCCCCCCCCc1c(F)c(F)c(F)c(F)c1F)C(OCC)(OCC)OCC. The van der Waals surface area contributed by atoms with Gasteiger partial charge in [0.25, 0.3) is 5.97 Å². The van der Waals surface area contributed by atoms with Gasteiger partial charge in [-0.15, -0.1) is 0 Å². The Kier molecular flexibility index (Phi) is 19.7. The quantitative estimate of drug-likeness (QED) is 0.0379. The standard InChI is InChI=1S/C32H53F5O3/c1-5-9-10-11-16-19-22-25(32(38-6-2,39-7-3)40-8-4)23-20-17-14-12-13-15-18-21-24-26-27(33)29(35)31(37)30(36)28(26)34/h25H,5-24H2,1-4H3. The fourth-order valence-corrected chi connectivity index (χ4v) is 5.37. The van der Waals surface area contributed by atoms with Gasteiger partial charge < -0.3 is 14.2 Å². The molecule has 234 valence electrons. The maximum atomic E-state index is 13.8. The lowest BCUT2D eigenvalue weighted by molar-refractivity contribution is -0.403. The highest BCUT2D eigenvalue weighted by Crippen LogP contribution is 2.35. The van der Waals surface area contributed by atoms with E-state index >= 15 is 0 Å². The first-order valence-electron chi connectivity index (χ1n) is 15.7. The van der Waals surface area contributed by atoms with E-state index in [2.05, 4.69) is 6.92 Å².